The summed E-state index contributed by atoms with van der Waals surface area (Å²) in [6, 6.07) is 16.1. The summed E-state index contributed by atoms with van der Waals surface area (Å²) in [5.74, 6) is 0.886. The van der Waals surface area contributed by atoms with Crippen molar-refractivity contribution in [1.29, 1.82) is 0 Å². The summed E-state index contributed by atoms with van der Waals surface area (Å²) in [6.45, 7) is 0.504. The van der Waals surface area contributed by atoms with Crippen molar-refractivity contribution in [1.82, 2.24) is 9.97 Å². The van der Waals surface area contributed by atoms with Gasteiger partial charge in [-0.1, -0.05) is 30.3 Å². The molecule has 0 fully saturated rings. The van der Waals surface area contributed by atoms with E-state index in [4.69, 9.17) is 5.73 Å². The summed E-state index contributed by atoms with van der Waals surface area (Å²) in [7, 11) is 2.00. The molecule has 1 aromatic heterocycles. The van der Waals surface area contributed by atoms with Gasteiger partial charge in [-0.15, -0.1) is 0 Å². The number of rotatable bonds is 3. The highest BCUT2D eigenvalue weighted by molar-refractivity contribution is 5.91. The Morgan fingerprint density at radius 1 is 1.00 bits per heavy atom. The van der Waals surface area contributed by atoms with E-state index in [-0.39, 0.29) is 0 Å². The number of aromatic nitrogens is 2. The van der Waals surface area contributed by atoms with E-state index in [0.29, 0.717) is 6.54 Å². The van der Waals surface area contributed by atoms with Crippen molar-refractivity contribution in [3.8, 4) is 0 Å². The molecule has 0 spiro atoms. The number of nitrogens with zero attached hydrogens (tertiary/aromatic N) is 3. The number of anilines is 2. The van der Waals surface area contributed by atoms with Crippen molar-refractivity contribution < 1.29 is 0 Å². The Morgan fingerprint density at radius 3 is 2.60 bits per heavy atom. The fourth-order valence-corrected chi connectivity index (χ4v) is 2.38. The smallest absolute Gasteiger partial charge is 0.144 e. The van der Waals surface area contributed by atoms with Gasteiger partial charge in [-0.25, -0.2) is 9.97 Å². The van der Waals surface area contributed by atoms with Gasteiger partial charge in [0.05, 0.1) is 5.52 Å². The predicted molar refractivity (Wildman–Crippen MR) is 81.9 cm³/mol. The second kappa shape index (κ2) is 5.27. The molecule has 4 nitrogen and oxygen atoms in total. The molecule has 0 amide bonds. The van der Waals surface area contributed by atoms with Crippen molar-refractivity contribution >= 4 is 22.4 Å². The first-order valence-corrected chi connectivity index (χ1v) is 6.52. The van der Waals surface area contributed by atoms with Crippen LogP contribution in [0.4, 0.5) is 11.5 Å². The standard InChI is InChI=1S/C16H16N4/c1-20(15-9-5-2-6-12(15)10-17)16-13-7-3-4-8-14(13)18-11-19-16/h2-9,11H,10,17H2,1H3. The Bertz CT molecular complexity index is 734. The lowest BCUT2D eigenvalue weighted by molar-refractivity contribution is 1.03. The average molecular weight is 264 g/mol. The fourth-order valence-electron chi connectivity index (χ4n) is 2.38. The number of nitrogens with two attached hydrogens (primary N) is 1. The molecule has 3 aromatic rings. The van der Waals surface area contributed by atoms with E-state index in [9.17, 15) is 0 Å². The first kappa shape index (κ1) is 12.6. The van der Waals surface area contributed by atoms with Gasteiger partial charge in [0.15, 0.2) is 0 Å². The Hall–Kier alpha value is -2.46. The molecular weight excluding hydrogens is 248 g/mol. The minimum absolute atomic E-state index is 0.504. The van der Waals surface area contributed by atoms with Crippen LogP contribution in [0.15, 0.2) is 54.9 Å². The molecule has 2 N–H and O–H groups in total. The van der Waals surface area contributed by atoms with Gasteiger partial charge in [0, 0.05) is 24.7 Å². The van der Waals surface area contributed by atoms with Crippen LogP contribution in [0.2, 0.25) is 0 Å². The lowest BCUT2D eigenvalue weighted by Crippen LogP contribution is -2.15. The minimum Gasteiger partial charge on any atom is -0.329 e. The van der Waals surface area contributed by atoms with Crippen LogP contribution in [0, 0.1) is 0 Å². The van der Waals surface area contributed by atoms with Crippen LogP contribution in [0.3, 0.4) is 0 Å². The zero-order valence-corrected chi connectivity index (χ0v) is 11.3. The zero-order chi connectivity index (χ0) is 13.9. The second-order valence-corrected chi connectivity index (χ2v) is 4.61. The summed E-state index contributed by atoms with van der Waals surface area (Å²) in [5.41, 5.74) is 8.92. The van der Waals surface area contributed by atoms with Crippen LogP contribution in [-0.2, 0) is 6.54 Å². The second-order valence-electron chi connectivity index (χ2n) is 4.61. The van der Waals surface area contributed by atoms with Gasteiger partial charge in [0.1, 0.15) is 12.1 Å². The lowest BCUT2D eigenvalue weighted by Gasteiger charge is -2.22. The summed E-state index contributed by atoms with van der Waals surface area (Å²) >= 11 is 0. The van der Waals surface area contributed by atoms with Gasteiger partial charge < -0.3 is 10.6 Å². The Kier molecular flexibility index (Phi) is 3.31. The molecule has 0 aliphatic carbocycles. The summed E-state index contributed by atoms with van der Waals surface area (Å²) in [4.78, 5) is 10.8. The summed E-state index contributed by atoms with van der Waals surface area (Å²) < 4.78 is 0. The van der Waals surface area contributed by atoms with Crippen LogP contribution < -0.4 is 10.6 Å². The number of hydrogen-bond donors (Lipinski definition) is 1. The SMILES string of the molecule is CN(c1ccccc1CN)c1ncnc2ccccc12. The minimum atomic E-state index is 0.504. The van der Waals surface area contributed by atoms with Crippen molar-refractivity contribution in [2.45, 2.75) is 6.54 Å². The van der Waals surface area contributed by atoms with E-state index in [1.807, 2.05) is 49.5 Å². The number of hydrogen-bond acceptors (Lipinski definition) is 4. The molecule has 20 heavy (non-hydrogen) atoms. The molecule has 0 radical (unpaired) electrons. The third-order valence-electron chi connectivity index (χ3n) is 3.41. The molecule has 0 atom stereocenters. The topological polar surface area (TPSA) is 55.0 Å². The Labute approximate surface area is 117 Å². The average Bonchev–Trinajstić information content (AvgIpc) is 2.53. The van der Waals surface area contributed by atoms with E-state index in [1.54, 1.807) is 6.33 Å². The van der Waals surface area contributed by atoms with E-state index in [0.717, 1.165) is 28.0 Å². The first-order chi connectivity index (χ1) is 9.81. The van der Waals surface area contributed by atoms with Crippen molar-refractivity contribution in [3.63, 3.8) is 0 Å². The van der Waals surface area contributed by atoms with E-state index in [2.05, 4.69) is 20.9 Å². The normalized spacial score (nSPS) is 10.7. The first-order valence-electron chi connectivity index (χ1n) is 6.52. The summed E-state index contributed by atoms with van der Waals surface area (Å²) in [6.07, 6.45) is 1.60. The Balaban J connectivity index is 2.15. The van der Waals surface area contributed by atoms with Gasteiger partial charge in [-0.2, -0.15) is 0 Å². The molecule has 0 bridgehead atoms. The van der Waals surface area contributed by atoms with Gasteiger partial charge in [0.25, 0.3) is 0 Å². The van der Waals surface area contributed by atoms with Crippen LogP contribution in [-0.4, -0.2) is 17.0 Å². The fraction of sp³-hybridized carbons (Fsp3) is 0.125. The third-order valence-corrected chi connectivity index (χ3v) is 3.41. The van der Waals surface area contributed by atoms with Gasteiger partial charge in [-0.05, 0) is 23.8 Å². The molecule has 0 unspecified atom stereocenters. The maximum atomic E-state index is 5.82. The maximum absolute atomic E-state index is 5.82. The van der Waals surface area contributed by atoms with Gasteiger partial charge >= 0.3 is 0 Å². The summed E-state index contributed by atoms with van der Waals surface area (Å²) in [5, 5.41) is 1.03. The molecule has 0 aliphatic rings. The monoisotopic (exact) mass is 264 g/mol. The van der Waals surface area contributed by atoms with Crippen LogP contribution in [0.1, 0.15) is 5.56 Å². The molecular formula is C16H16N4. The van der Waals surface area contributed by atoms with E-state index in [1.165, 1.54) is 0 Å². The lowest BCUT2D eigenvalue weighted by atomic mass is 10.1. The van der Waals surface area contributed by atoms with E-state index < -0.39 is 0 Å². The van der Waals surface area contributed by atoms with Crippen molar-refractivity contribution in [3.05, 3.63) is 60.4 Å². The molecule has 2 aromatic carbocycles. The molecule has 0 aliphatic heterocycles. The van der Waals surface area contributed by atoms with E-state index >= 15 is 0 Å². The highest BCUT2D eigenvalue weighted by atomic mass is 15.2. The Morgan fingerprint density at radius 2 is 1.75 bits per heavy atom. The maximum Gasteiger partial charge on any atom is 0.144 e. The highest BCUT2D eigenvalue weighted by Gasteiger charge is 2.12. The molecule has 100 valence electrons. The number of para-hydroxylation sites is 2. The van der Waals surface area contributed by atoms with Gasteiger partial charge in [0.2, 0.25) is 0 Å². The van der Waals surface area contributed by atoms with Crippen LogP contribution >= 0.6 is 0 Å². The van der Waals surface area contributed by atoms with Crippen molar-refractivity contribution in [2.75, 3.05) is 11.9 Å². The predicted octanol–water partition coefficient (Wildman–Crippen LogP) is 2.86. The molecule has 1 heterocycles. The number of benzene rings is 2. The largest absolute Gasteiger partial charge is 0.329 e. The molecule has 0 saturated heterocycles. The van der Waals surface area contributed by atoms with Gasteiger partial charge in [-0.3, -0.25) is 0 Å². The molecule has 3 rings (SSSR count). The molecule has 0 saturated carbocycles. The quantitative estimate of drug-likeness (QED) is 0.790. The highest BCUT2D eigenvalue weighted by Crippen LogP contribution is 2.29. The van der Waals surface area contributed by atoms with Crippen LogP contribution in [0.25, 0.3) is 10.9 Å². The van der Waals surface area contributed by atoms with Crippen molar-refractivity contribution in [2.24, 2.45) is 5.73 Å². The zero-order valence-electron chi connectivity index (χ0n) is 11.3. The van der Waals surface area contributed by atoms with Crippen LogP contribution in [0.5, 0.6) is 0 Å². The number of fused-ring (bicyclic) bond motifs is 1. The molecule has 4 heteroatoms. The third kappa shape index (κ3) is 2.10.